The maximum atomic E-state index is 12.0. The highest BCUT2D eigenvalue weighted by molar-refractivity contribution is 5.79. The molecule has 1 amide bonds. The van der Waals surface area contributed by atoms with E-state index in [1.807, 2.05) is 24.3 Å². The molecule has 0 radical (unpaired) electrons. The highest BCUT2D eigenvalue weighted by atomic mass is 16.5. The normalized spacial score (nSPS) is 12.0. The van der Waals surface area contributed by atoms with Crippen LogP contribution in [0.2, 0.25) is 0 Å². The molecule has 0 saturated carbocycles. The van der Waals surface area contributed by atoms with Crippen molar-refractivity contribution in [3.8, 4) is 5.75 Å². The molecule has 18 heavy (non-hydrogen) atoms. The number of carbonyl (C=O) groups excluding carboxylic acids is 1. The number of ether oxygens (including phenoxy) is 1. The molecule has 0 saturated heterocycles. The van der Waals surface area contributed by atoms with Gasteiger partial charge in [-0.1, -0.05) is 18.2 Å². The van der Waals surface area contributed by atoms with E-state index in [0.717, 1.165) is 11.3 Å². The number of nitrogens with zero attached hydrogens (tertiary/aromatic N) is 1. The molecule has 4 heteroatoms. The third-order valence-corrected chi connectivity index (χ3v) is 2.84. The lowest BCUT2D eigenvalue weighted by Gasteiger charge is -2.18. The molecule has 0 aliphatic heterocycles. The first-order chi connectivity index (χ1) is 8.54. The molecule has 0 fully saturated rings. The van der Waals surface area contributed by atoms with Crippen LogP contribution in [0.5, 0.6) is 5.75 Å². The molecule has 100 valence electrons. The second-order valence-corrected chi connectivity index (χ2v) is 4.44. The molecule has 1 aromatic carbocycles. The van der Waals surface area contributed by atoms with Gasteiger partial charge in [-0.2, -0.15) is 0 Å². The summed E-state index contributed by atoms with van der Waals surface area (Å²) < 4.78 is 5.21. The zero-order valence-corrected chi connectivity index (χ0v) is 11.2. The number of aliphatic hydroxyl groups is 1. The van der Waals surface area contributed by atoms with Crippen molar-refractivity contribution in [1.82, 2.24) is 4.90 Å². The Morgan fingerprint density at radius 2 is 2.11 bits per heavy atom. The van der Waals surface area contributed by atoms with Gasteiger partial charge in [-0.05, 0) is 19.4 Å². The first kappa shape index (κ1) is 14.5. The lowest BCUT2D eigenvalue weighted by Crippen LogP contribution is -2.30. The Hall–Kier alpha value is -1.55. The molecule has 0 spiro atoms. The van der Waals surface area contributed by atoms with Gasteiger partial charge in [0.2, 0.25) is 5.91 Å². The largest absolute Gasteiger partial charge is 0.496 e. The number of para-hydroxylation sites is 1. The van der Waals surface area contributed by atoms with Crippen molar-refractivity contribution in [3.05, 3.63) is 29.8 Å². The summed E-state index contributed by atoms with van der Waals surface area (Å²) in [4.78, 5) is 13.6. The van der Waals surface area contributed by atoms with Gasteiger partial charge >= 0.3 is 0 Å². The maximum absolute atomic E-state index is 12.0. The van der Waals surface area contributed by atoms with Crippen molar-refractivity contribution < 1.29 is 14.6 Å². The molecule has 1 atom stereocenters. The number of hydrogen-bond donors (Lipinski definition) is 1. The van der Waals surface area contributed by atoms with E-state index >= 15 is 0 Å². The Balaban J connectivity index is 2.58. The molecule has 1 unspecified atom stereocenters. The fraction of sp³-hybridized carbons (Fsp3) is 0.500. The second-order valence-electron chi connectivity index (χ2n) is 4.44. The van der Waals surface area contributed by atoms with E-state index in [1.165, 1.54) is 0 Å². The molecule has 0 bridgehead atoms. The zero-order chi connectivity index (χ0) is 13.5. The number of methoxy groups -OCH3 is 1. The third-order valence-electron chi connectivity index (χ3n) is 2.84. The van der Waals surface area contributed by atoms with Gasteiger partial charge in [0, 0.05) is 19.2 Å². The molecule has 1 rings (SSSR count). The van der Waals surface area contributed by atoms with Crippen LogP contribution >= 0.6 is 0 Å². The van der Waals surface area contributed by atoms with E-state index in [-0.39, 0.29) is 12.0 Å². The summed E-state index contributed by atoms with van der Waals surface area (Å²) in [7, 11) is 3.35. The molecule has 4 nitrogen and oxygen atoms in total. The van der Waals surface area contributed by atoms with Crippen LogP contribution in [-0.2, 0) is 11.2 Å². The van der Waals surface area contributed by atoms with E-state index < -0.39 is 0 Å². The topological polar surface area (TPSA) is 49.8 Å². The van der Waals surface area contributed by atoms with Crippen LogP contribution in [0.1, 0.15) is 18.9 Å². The molecule has 0 aliphatic rings. The molecule has 1 aromatic rings. The predicted octanol–water partition coefficient (Wildman–Crippen LogP) is 1.47. The Bertz CT molecular complexity index is 390. The van der Waals surface area contributed by atoms with Crippen molar-refractivity contribution in [1.29, 1.82) is 0 Å². The van der Waals surface area contributed by atoms with Crippen LogP contribution in [0.4, 0.5) is 0 Å². The zero-order valence-electron chi connectivity index (χ0n) is 11.2. The number of hydrogen-bond acceptors (Lipinski definition) is 3. The van der Waals surface area contributed by atoms with E-state index in [2.05, 4.69) is 0 Å². The fourth-order valence-corrected chi connectivity index (χ4v) is 1.65. The smallest absolute Gasteiger partial charge is 0.226 e. The average molecular weight is 251 g/mol. The predicted molar refractivity (Wildman–Crippen MR) is 70.6 cm³/mol. The van der Waals surface area contributed by atoms with Crippen molar-refractivity contribution in [2.45, 2.75) is 25.9 Å². The first-order valence-electron chi connectivity index (χ1n) is 6.08. The van der Waals surface area contributed by atoms with Crippen molar-refractivity contribution in [2.24, 2.45) is 0 Å². The Kier molecular flexibility index (Phi) is 5.65. The average Bonchev–Trinajstić information content (AvgIpc) is 2.36. The summed E-state index contributed by atoms with van der Waals surface area (Å²) in [5.41, 5.74) is 0.883. The van der Waals surface area contributed by atoms with Crippen LogP contribution in [0.15, 0.2) is 24.3 Å². The van der Waals surface area contributed by atoms with Crippen molar-refractivity contribution in [2.75, 3.05) is 20.7 Å². The molecule has 0 aromatic heterocycles. The summed E-state index contributed by atoms with van der Waals surface area (Å²) in [6.45, 7) is 2.28. The molecular formula is C14H21NO3. The van der Waals surface area contributed by atoms with Crippen LogP contribution in [0.25, 0.3) is 0 Å². The molecule has 0 heterocycles. The second kappa shape index (κ2) is 7.01. The highest BCUT2D eigenvalue weighted by Gasteiger charge is 2.12. The van der Waals surface area contributed by atoms with Gasteiger partial charge in [0.1, 0.15) is 5.75 Å². The molecule has 1 N–H and O–H groups in total. The summed E-state index contributed by atoms with van der Waals surface area (Å²) in [6.07, 6.45) is 0.528. The maximum Gasteiger partial charge on any atom is 0.226 e. The van der Waals surface area contributed by atoms with Gasteiger partial charge in [0.25, 0.3) is 0 Å². The Labute approximate surface area is 108 Å². The number of carbonyl (C=O) groups is 1. The number of benzene rings is 1. The van der Waals surface area contributed by atoms with Crippen LogP contribution in [0, 0.1) is 0 Å². The van der Waals surface area contributed by atoms with E-state index in [4.69, 9.17) is 4.74 Å². The summed E-state index contributed by atoms with van der Waals surface area (Å²) in [5, 5.41) is 9.20. The Morgan fingerprint density at radius 3 is 2.72 bits per heavy atom. The Morgan fingerprint density at radius 1 is 1.44 bits per heavy atom. The SMILES string of the molecule is COc1ccccc1CC(=O)N(C)CCC(C)O. The van der Waals surface area contributed by atoms with Gasteiger partial charge in [0.05, 0.1) is 19.6 Å². The van der Waals surface area contributed by atoms with Crippen LogP contribution in [-0.4, -0.2) is 42.7 Å². The standard InChI is InChI=1S/C14H21NO3/c1-11(16)8-9-15(2)14(17)10-12-6-4-5-7-13(12)18-3/h4-7,11,16H,8-10H2,1-3H3. The van der Waals surface area contributed by atoms with E-state index in [1.54, 1.807) is 26.0 Å². The monoisotopic (exact) mass is 251 g/mol. The van der Waals surface area contributed by atoms with Gasteiger partial charge in [-0.25, -0.2) is 0 Å². The van der Waals surface area contributed by atoms with E-state index in [0.29, 0.717) is 19.4 Å². The third kappa shape index (κ3) is 4.37. The molecule has 0 aliphatic carbocycles. The summed E-state index contributed by atoms with van der Waals surface area (Å²) in [5.74, 6) is 0.759. The number of likely N-dealkylation sites (N-methyl/N-ethyl adjacent to an activating group) is 1. The van der Waals surface area contributed by atoms with Crippen LogP contribution < -0.4 is 4.74 Å². The lowest BCUT2D eigenvalue weighted by molar-refractivity contribution is -0.129. The first-order valence-corrected chi connectivity index (χ1v) is 6.08. The van der Waals surface area contributed by atoms with Gasteiger partial charge in [0.15, 0.2) is 0 Å². The number of aliphatic hydroxyl groups excluding tert-OH is 1. The number of rotatable bonds is 6. The summed E-state index contributed by atoms with van der Waals surface area (Å²) in [6, 6.07) is 7.50. The lowest BCUT2D eigenvalue weighted by atomic mass is 10.1. The van der Waals surface area contributed by atoms with Gasteiger partial charge in [-0.15, -0.1) is 0 Å². The quantitative estimate of drug-likeness (QED) is 0.833. The minimum atomic E-state index is -0.383. The minimum absolute atomic E-state index is 0.0279. The van der Waals surface area contributed by atoms with E-state index in [9.17, 15) is 9.90 Å². The number of amides is 1. The minimum Gasteiger partial charge on any atom is -0.496 e. The molecular weight excluding hydrogens is 230 g/mol. The van der Waals surface area contributed by atoms with Crippen LogP contribution in [0.3, 0.4) is 0 Å². The van der Waals surface area contributed by atoms with Gasteiger partial charge in [-0.3, -0.25) is 4.79 Å². The highest BCUT2D eigenvalue weighted by Crippen LogP contribution is 2.18. The fourth-order valence-electron chi connectivity index (χ4n) is 1.65. The van der Waals surface area contributed by atoms with Crippen molar-refractivity contribution in [3.63, 3.8) is 0 Å². The van der Waals surface area contributed by atoms with Crippen molar-refractivity contribution >= 4 is 5.91 Å². The summed E-state index contributed by atoms with van der Waals surface area (Å²) >= 11 is 0. The van der Waals surface area contributed by atoms with Gasteiger partial charge < -0.3 is 14.7 Å².